The Kier molecular flexibility index (Phi) is 4.35. The predicted molar refractivity (Wildman–Crippen MR) is 75.6 cm³/mol. The molecule has 0 radical (unpaired) electrons. The van der Waals surface area contributed by atoms with E-state index in [1.807, 2.05) is 6.92 Å². The average molecular weight is 295 g/mol. The lowest BCUT2D eigenvalue weighted by atomic mass is 10.2. The molecule has 0 saturated carbocycles. The highest BCUT2D eigenvalue weighted by Gasteiger charge is 2.16. The Morgan fingerprint density at radius 2 is 1.95 bits per heavy atom. The molecule has 0 aliphatic heterocycles. The Balaban J connectivity index is 2.15. The number of hydrogen-bond donors (Lipinski definition) is 2. The molecule has 1 heterocycles. The van der Waals surface area contributed by atoms with Crippen molar-refractivity contribution in [1.82, 2.24) is 20.1 Å². The molecule has 0 bridgehead atoms. The molecule has 0 aliphatic rings. The van der Waals surface area contributed by atoms with Crippen LogP contribution in [0.2, 0.25) is 0 Å². The maximum absolute atomic E-state index is 12.2. The summed E-state index contributed by atoms with van der Waals surface area (Å²) in [5.41, 5.74) is 1.03. The highest BCUT2D eigenvalue weighted by atomic mass is 32.2. The van der Waals surface area contributed by atoms with Gasteiger partial charge >= 0.3 is 0 Å². The molecular weight excluding hydrogens is 278 g/mol. The number of aryl methyl sites for hydroxylation is 1. The van der Waals surface area contributed by atoms with Crippen molar-refractivity contribution in [2.24, 2.45) is 7.05 Å². The van der Waals surface area contributed by atoms with Crippen LogP contribution in [0.3, 0.4) is 0 Å². The van der Waals surface area contributed by atoms with Gasteiger partial charge in [-0.25, -0.2) is 17.8 Å². The quantitative estimate of drug-likeness (QED) is 0.820. The Bertz CT molecular complexity index is 663. The van der Waals surface area contributed by atoms with E-state index in [-0.39, 0.29) is 10.8 Å². The molecular formula is C12H17N5O2S. The molecule has 108 valence electrons. The summed E-state index contributed by atoms with van der Waals surface area (Å²) in [4.78, 5) is 4.03. The van der Waals surface area contributed by atoms with E-state index in [9.17, 15) is 8.42 Å². The fourth-order valence-electron chi connectivity index (χ4n) is 1.62. The van der Waals surface area contributed by atoms with E-state index in [0.717, 1.165) is 12.1 Å². The average Bonchev–Trinajstić information content (AvgIpc) is 2.82. The first-order valence-corrected chi connectivity index (χ1v) is 7.67. The van der Waals surface area contributed by atoms with E-state index in [1.165, 1.54) is 11.0 Å². The molecule has 0 unspecified atom stereocenters. The smallest absolute Gasteiger partial charge is 0.264 e. The van der Waals surface area contributed by atoms with Crippen molar-refractivity contribution in [3.63, 3.8) is 0 Å². The lowest BCUT2D eigenvalue weighted by Gasteiger charge is -2.08. The van der Waals surface area contributed by atoms with Crippen molar-refractivity contribution >= 4 is 16.0 Å². The fourth-order valence-corrected chi connectivity index (χ4v) is 2.66. The summed E-state index contributed by atoms with van der Waals surface area (Å²) in [6, 6.07) is 6.72. The van der Waals surface area contributed by atoms with Crippen LogP contribution in [0.1, 0.15) is 12.5 Å². The zero-order valence-electron chi connectivity index (χ0n) is 11.4. The van der Waals surface area contributed by atoms with Crippen molar-refractivity contribution in [3.05, 3.63) is 36.2 Å². The maximum Gasteiger partial charge on any atom is 0.264 e. The van der Waals surface area contributed by atoms with Gasteiger partial charge in [-0.2, -0.15) is 10.1 Å². The third-order valence-electron chi connectivity index (χ3n) is 2.75. The minimum atomic E-state index is -3.64. The number of nitrogens with one attached hydrogen (secondary N) is 2. The number of nitrogens with zero attached hydrogens (tertiary/aromatic N) is 3. The first kappa shape index (κ1) is 14.5. The van der Waals surface area contributed by atoms with Crippen LogP contribution in [0.15, 0.2) is 35.5 Å². The van der Waals surface area contributed by atoms with Crippen LogP contribution in [0.25, 0.3) is 0 Å². The fraction of sp³-hybridized carbons (Fsp3) is 0.333. The highest BCUT2D eigenvalue weighted by molar-refractivity contribution is 7.92. The van der Waals surface area contributed by atoms with Crippen LogP contribution in [-0.4, -0.2) is 29.7 Å². The van der Waals surface area contributed by atoms with Gasteiger partial charge in [0.05, 0.1) is 4.90 Å². The third kappa shape index (κ3) is 3.34. The van der Waals surface area contributed by atoms with Crippen molar-refractivity contribution in [2.45, 2.75) is 18.4 Å². The van der Waals surface area contributed by atoms with Crippen LogP contribution in [0.4, 0.5) is 5.95 Å². The number of benzene rings is 1. The van der Waals surface area contributed by atoms with Gasteiger partial charge in [-0.1, -0.05) is 19.1 Å². The second kappa shape index (κ2) is 6.02. The van der Waals surface area contributed by atoms with Gasteiger partial charge in [-0.3, -0.25) is 0 Å². The molecule has 0 aliphatic carbocycles. The Labute approximate surface area is 118 Å². The van der Waals surface area contributed by atoms with Crippen LogP contribution in [0, 0.1) is 0 Å². The molecule has 7 nitrogen and oxygen atoms in total. The zero-order valence-corrected chi connectivity index (χ0v) is 12.2. The molecule has 2 rings (SSSR count). The van der Waals surface area contributed by atoms with Gasteiger partial charge in [0.2, 0.25) is 5.95 Å². The lowest BCUT2D eigenvalue weighted by Crippen LogP contribution is -2.16. The summed E-state index contributed by atoms with van der Waals surface area (Å²) in [7, 11) is -2.02. The van der Waals surface area contributed by atoms with Crippen LogP contribution in [-0.2, 0) is 23.6 Å². The van der Waals surface area contributed by atoms with Gasteiger partial charge in [0.25, 0.3) is 10.0 Å². The van der Waals surface area contributed by atoms with E-state index in [1.54, 1.807) is 31.3 Å². The molecule has 0 saturated heterocycles. The van der Waals surface area contributed by atoms with Crippen LogP contribution < -0.4 is 10.0 Å². The molecule has 0 spiro atoms. The Morgan fingerprint density at radius 3 is 2.50 bits per heavy atom. The zero-order chi connectivity index (χ0) is 14.6. The summed E-state index contributed by atoms with van der Waals surface area (Å²) >= 11 is 0. The normalized spacial score (nSPS) is 11.5. The van der Waals surface area contributed by atoms with Crippen molar-refractivity contribution in [1.29, 1.82) is 0 Å². The predicted octanol–water partition coefficient (Wildman–Crippen LogP) is 0.725. The summed E-state index contributed by atoms with van der Waals surface area (Å²) < 4.78 is 28.1. The van der Waals surface area contributed by atoms with E-state index in [0.29, 0.717) is 6.54 Å². The molecule has 0 atom stereocenters. The first-order chi connectivity index (χ1) is 9.53. The highest BCUT2D eigenvalue weighted by Crippen LogP contribution is 2.14. The van der Waals surface area contributed by atoms with E-state index >= 15 is 0 Å². The number of anilines is 1. The molecule has 8 heteroatoms. The van der Waals surface area contributed by atoms with Gasteiger partial charge in [-0.15, -0.1) is 0 Å². The molecule has 20 heavy (non-hydrogen) atoms. The first-order valence-electron chi connectivity index (χ1n) is 6.19. The van der Waals surface area contributed by atoms with Crippen molar-refractivity contribution in [3.8, 4) is 0 Å². The molecule has 0 amide bonds. The second-order valence-corrected chi connectivity index (χ2v) is 5.92. The number of aromatic nitrogens is 3. The Hall–Kier alpha value is -1.93. The van der Waals surface area contributed by atoms with Crippen LogP contribution >= 0.6 is 0 Å². The minimum Gasteiger partial charge on any atom is -0.313 e. The number of rotatable bonds is 6. The van der Waals surface area contributed by atoms with Crippen LogP contribution in [0.5, 0.6) is 0 Å². The van der Waals surface area contributed by atoms with Gasteiger partial charge in [0.15, 0.2) is 0 Å². The van der Waals surface area contributed by atoms with Crippen molar-refractivity contribution in [2.75, 3.05) is 11.3 Å². The maximum atomic E-state index is 12.2. The summed E-state index contributed by atoms with van der Waals surface area (Å²) in [6.07, 6.45) is 1.29. The third-order valence-corrected chi connectivity index (χ3v) is 4.09. The van der Waals surface area contributed by atoms with E-state index < -0.39 is 10.0 Å². The SMILES string of the molecule is CCNCc1ccc(S(=O)(=O)Nc2ncnn2C)cc1. The number of sulfonamides is 1. The van der Waals surface area contributed by atoms with Gasteiger partial charge in [0.1, 0.15) is 6.33 Å². The van der Waals surface area contributed by atoms with Gasteiger partial charge in [-0.05, 0) is 24.2 Å². The Morgan fingerprint density at radius 1 is 1.25 bits per heavy atom. The van der Waals surface area contributed by atoms with Gasteiger partial charge in [0, 0.05) is 13.6 Å². The molecule has 2 N–H and O–H groups in total. The summed E-state index contributed by atoms with van der Waals surface area (Å²) in [6.45, 7) is 3.60. The lowest BCUT2D eigenvalue weighted by molar-refractivity contribution is 0.600. The largest absolute Gasteiger partial charge is 0.313 e. The summed E-state index contributed by atoms with van der Waals surface area (Å²) in [5, 5.41) is 6.99. The van der Waals surface area contributed by atoms with Gasteiger partial charge < -0.3 is 5.32 Å². The minimum absolute atomic E-state index is 0.182. The van der Waals surface area contributed by atoms with E-state index in [2.05, 4.69) is 20.1 Å². The summed E-state index contributed by atoms with van der Waals surface area (Å²) in [5.74, 6) is 0.182. The van der Waals surface area contributed by atoms with E-state index in [4.69, 9.17) is 0 Å². The molecule has 1 aromatic heterocycles. The number of hydrogen-bond acceptors (Lipinski definition) is 5. The van der Waals surface area contributed by atoms with Crippen molar-refractivity contribution < 1.29 is 8.42 Å². The standard InChI is InChI=1S/C12H17N5O2S/c1-3-13-8-10-4-6-11(7-5-10)20(18,19)16-12-14-9-15-17(12)2/h4-7,9,13H,3,8H2,1-2H3,(H,14,15,16). The molecule has 1 aromatic carbocycles. The monoisotopic (exact) mass is 295 g/mol. The molecule has 2 aromatic rings. The topological polar surface area (TPSA) is 88.9 Å². The molecule has 0 fully saturated rings. The second-order valence-electron chi connectivity index (χ2n) is 4.24.